The second kappa shape index (κ2) is 6.22. The average molecular weight is 298 g/mol. The highest BCUT2D eigenvalue weighted by atomic mass is 32.2. The molecule has 20 heavy (non-hydrogen) atoms. The third-order valence-corrected chi connectivity index (χ3v) is 5.80. The molecule has 112 valence electrons. The van der Waals surface area contributed by atoms with Gasteiger partial charge in [0.15, 0.2) is 0 Å². The summed E-state index contributed by atoms with van der Waals surface area (Å²) >= 11 is 0. The molecule has 0 aliphatic carbocycles. The second-order valence-corrected chi connectivity index (χ2v) is 7.02. The molecule has 1 saturated heterocycles. The Balaban J connectivity index is 2.22. The Hall–Kier alpha value is -0.950. The van der Waals surface area contributed by atoms with E-state index in [0.29, 0.717) is 18.7 Å². The first-order valence-electron chi connectivity index (χ1n) is 6.92. The molecule has 1 aromatic carbocycles. The van der Waals surface area contributed by atoms with E-state index in [-0.39, 0.29) is 11.5 Å². The zero-order chi connectivity index (χ0) is 14.8. The summed E-state index contributed by atoms with van der Waals surface area (Å²) < 4.78 is 26.7. The molecular weight excluding hydrogens is 276 g/mol. The molecule has 0 spiro atoms. The van der Waals surface area contributed by atoms with Gasteiger partial charge in [-0.3, -0.25) is 0 Å². The predicted molar refractivity (Wildman–Crippen MR) is 78.0 cm³/mol. The maximum absolute atomic E-state index is 12.6. The van der Waals surface area contributed by atoms with E-state index in [1.807, 2.05) is 6.92 Å². The number of hydrogen-bond donors (Lipinski definition) is 1. The first-order valence-corrected chi connectivity index (χ1v) is 8.36. The molecule has 0 atom stereocenters. The van der Waals surface area contributed by atoms with Crippen LogP contribution in [0.1, 0.15) is 18.1 Å². The maximum atomic E-state index is 12.6. The number of sulfonamides is 1. The highest BCUT2D eigenvalue weighted by molar-refractivity contribution is 7.89. The van der Waals surface area contributed by atoms with Gasteiger partial charge in [-0.2, -0.15) is 4.31 Å². The van der Waals surface area contributed by atoms with Crippen molar-refractivity contribution in [2.45, 2.75) is 25.3 Å². The number of benzene rings is 1. The highest BCUT2D eigenvalue weighted by Gasteiger charge is 2.28. The van der Waals surface area contributed by atoms with Crippen molar-refractivity contribution in [1.29, 1.82) is 0 Å². The van der Waals surface area contributed by atoms with E-state index >= 15 is 0 Å². The van der Waals surface area contributed by atoms with E-state index in [1.165, 1.54) is 4.31 Å². The van der Waals surface area contributed by atoms with E-state index in [1.54, 1.807) is 18.2 Å². The number of aliphatic hydroxyl groups excluding tert-OH is 1. The molecule has 1 aliphatic rings. The smallest absolute Gasteiger partial charge is 0.243 e. The Morgan fingerprint density at radius 2 is 1.85 bits per heavy atom. The number of hydrogen-bond acceptors (Lipinski definition) is 4. The number of piperazine rings is 1. The van der Waals surface area contributed by atoms with Gasteiger partial charge < -0.3 is 10.0 Å². The van der Waals surface area contributed by atoms with Crippen LogP contribution in [0.15, 0.2) is 23.1 Å². The van der Waals surface area contributed by atoms with Crippen molar-refractivity contribution in [2.24, 2.45) is 0 Å². The molecule has 1 N–H and O–H groups in total. The van der Waals surface area contributed by atoms with Crippen molar-refractivity contribution in [3.63, 3.8) is 0 Å². The van der Waals surface area contributed by atoms with Crippen molar-refractivity contribution in [2.75, 3.05) is 32.7 Å². The monoisotopic (exact) mass is 298 g/mol. The first kappa shape index (κ1) is 15.4. The summed E-state index contributed by atoms with van der Waals surface area (Å²) in [4.78, 5) is 2.51. The van der Waals surface area contributed by atoms with Gasteiger partial charge in [-0.15, -0.1) is 0 Å². The molecule has 0 saturated carbocycles. The van der Waals surface area contributed by atoms with Crippen molar-refractivity contribution in [3.05, 3.63) is 29.3 Å². The van der Waals surface area contributed by atoms with Crippen LogP contribution in [0.25, 0.3) is 0 Å². The zero-order valence-corrected chi connectivity index (χ0v) is 12.9. The van der Waals surface area contributed by atoms with E-state index < -0.39 is 10.0 Å². The molecule has 2 rings (SSSR count). The molecule has 0 unspecified atom stereocenters. The third-order valence-electron chi connectivity index (χ3n) is 3.91. The van der Waals surface area contributed by atoms with Crippen LogP contribution in [0.5, 0.6) is 0 Å². The second-order valence-electron chi connectivity index (χ2n) is 5.08. The lowest BCUT2D eigenvalue weighted by Gasteiger charge is -2.33. The molecule has 5 nitrogen and oxygen atoms in total. The van der Waals surface area contributed by atoms with Crippen molar-refractivity contribution in [1.82, 2.24) is 9.21 Å². The maximum Gasteiger partial charge on any atom is 0.243 e. The van der Waals surface area contributed by atoms with Gasteiger partial charge in [-0.25, -0.2) is 8.42 Å². The highest BCUT2D eigenvalue weighted by Crippen LogP contribution is 2.20. The van der Waals surface area contributed by atoms with Crippen LogP contribution in [0, 0.1) is 6.92 Å². The van der Waals surface area contributed by atoms with Crippen molar-refractivity contribution in [3.8, 4) is 0 Å². The lowest BCUT2D eigenvalue weighted by Crippen LogP contribution is -2.48. The van der Waals surface area contributed by atoms with Crippen LogP contribution < -0.4 is 0 Å². The molecule has 1 aromatic rings. The van der Waals surface area contributed by atoms with Gasteiger partial charge in [0, 0.05) is 26.2 Å². The Bertz CT molecular complexity index is 564. The van der Waals surface area contributed by atoms with Crippen LogP contribution in [0.4, 0.5) is 0 Å². The Labute approximate surface area is 120 Å². The van der Waals surface area contributed by atoms with Crippen LogP contribution in [0.3, 0.4) is 0 Å². The predicted octanol–water partition coefficient (Wildman–Crippen LogP) is 0.814. The van der Waals surface area contributed by atoms with Crippen molar-refractivity contribution >= 4 is 10.0 Å². The minimum Gasteiger partial charge on any atom is -0.392 e. The van der Waals surface area contributed by atoms with Gasteiger partial charge in [-0.05, 0) is 36.7 Å². The first-order chi connectivity index (χ1) is 9.48. The van der Waals surface area contributed by atoms with Crippen LogP contribution in [-0.2, 0) is 16.6 Å². The Kier molecular flexibility index (Phi) is 4.80. The summed E-state index contributed by atoms with van der Waals surface area (Å²) in [5, 5.41) is 9.27. The van der Waals surface area contributed by atoms with E-state index in [2.05, 4.69) is 11.8 Å². The van der Waals surface area contributed by atoms with Gasteiger partial charge in [0.25, 0.3) is 0 Å². The SMILES string of the molecule is CCN1CCN(S(=O)(=O)c2ccc(C)c(CO)c2)CC1. The molecule has 0 aromatic heterocycles. The standard InChI is InChI=1S/C14H22N2O3S/c1-3-15-6-8-16(9-7-15)20(18,19)14-5-4-12(2)13(10-14)11-17/h4-5,10,17H,3,6-9,11H2,1-2H3. The number of nitrogens with zero attached hydrogens (tertiary/aromatic N) is 2. The van der Waals surface area contributed by atoms with Gasteiger partial charge >= 0.3 is 0 Å². The summed E-state index contributed by atoms with van der Waals surface area (Å²) in [6.07, 6.45) is 0. The molecule has 1 fully saturated rings. The van der Waals surface area contributed by atoms with Crippen LogP contribution >= 0.6 is 0 Å². The minimum atomic E-state index is -3.45. The normalized spacial score (nSPS) is 18.4. The van der Waals surface area contributed by atoms with Gasteiger partial charge in [0.2, 0.25) is 10.0 Å². The number of aliphatic hydroxyl groups is 1. The number of rotatable bonds is 4. The summed E-state index contributed by atoms with van der Waals surface area (Å²) in [7, 11) is -3.45. The van der Waals surface area contributed by atoms with Crippen LogP contribution in [-0.4, -0.2) is 55.5 Å². The quantitative estimate of drug-likeness (QED) is 0.894. The molecular formula is C14H22N2O3S. The van der Waals surface area contributed by atoms with Crippen LogP contribution in [0.2, 0.25) is 0 Å². The fraction of sp³-hybridized carbons (Fsp3) is 0.571. The summed E-state index contributed by atoms with van der Waals surface area (Å²) in [6, 6.07) is 4.95. The summed E-state index contributed by atoms with van der Waals surface area (Å²) in [5.74, 6) is 0. The third kappa shape index (κ3) is 3.03. The summed E-state index contributed by atoms with van der Waals surface area (Å²) in [5.41, 5.74) is 1.57. The zero-order valence-electron chi connectivity index (χ0n) is 12.0. The Morgan fingerprint density at radius 3 is 2.40 bits per heavy atom. The van der Waals surface area contributed by atoms with Gasteiger partial charge in [0.1, 0.15) is 0 Å². The molecule has 0 amide bonds. The largest absolute Gasteiger partial charge is 0.392 e. The lowest BCUT2D eigenvalue weighted by molar-refractivity contribution is 0.196. The summed E-state index contributed by atoms with van der Waals surface area (Å²) in [6.45, 7) is 7.35. The fourth-order valence-corrected chi connectivity index (χ4v) is 3.89. The molecule has 6 heteroatoms. The number of likely N-dealkylation sites (N-methyl/N-ethyl adjacent to an activating group) is 1. The Morgan fingerprint density at radius 1 is 1.20 bits per heavy atom. The molecule has 0 radical (unpaired) electrons. The molecule has 1 heterocycles. The fourth-order valence-electron chi connectivity index (χ4n) is 2.41. The lowest BCUT2D eigenvalue weighted by atomic mass is 10.1. The van der Waals surface area contributed by atoms with Gasteiger partial charge in [-0.1, -0.05) is 13.0 Å². The average Bonchev–Trinajstić information content (AvgIpc) is 2.47. The van der Waals surface area contributed by atoms with Crippen molar-refractivity contribution < 1.29 is 13.5 Å². The molecule has 1 aliphatic heterocycles. The van der Waals surface area contributed by atoms with E-state index in [0.717, 1.165) is 25.2 Å². The van der Waals surface area contributed by atoms with E-state index in [4.69, 9.17) is 0 Å². The van der Waals surface area contributed by atoms with E-state index in [9.17, 15) is 13.5 Å². The molecule has 0 bridgehead atoms. The topological polar surface area (TPSA) is 60.9 Å². The minimum absolute atomic E-state index is 0.140. The number of aryl methyl sites for hydroxylation is 1. The van der Waals surface area contributed by atoms with Gasteiger partial charge in [0.05, 0.1) is 11.5 Å².